The molecule has 0 spiro atoms. The van der Waals surface area contributed by atoms with E-state index in [1.807, 2.05) is 19.1 Å². The third kappa shape index (κ3) is 1.72. The van der Waals surface area contributed by atoms with E-state index in [-0.39, 0.29) is 11.5 Å². The zero-order valence-corrected chi connectivity index (χ0v) is 9.49. The van der Waals surface area contributed by atoms with Crippen molar-refractivity contribution in [2.75, 3.05) is 0 Å². The van der Waals surface area contributed by atoms with Gasteiger partial charge in [-0.15, -0.1) is 0 Å². The lowest BCUT2D eigenvalue weighted by atomic mass is 9.99. The summed E-state index contributed by atoms with van der Waals surface area (Å²) < 4.78 is 0. The molecule has 0 heterocycles. The Morgan fingerprint density at radius 3 is 2.12 bits per heavy atom. The van der Waals surface area contributed by atoms with E-state index >= 15 is 0 Å². The second-order valence-electron chi connectivity index (χ2n) is 3.59. The SMILES string of the molecule is Cc1c(O)cccc1-c1cccc(O)c1Cl. The number of rotatable bonds is 1. The maximum atomic E-state index is 9.62. The fourth-order valence-corrected chi connectivity index (χ4v) is 1.87. The predicted molar refractivity (Wildman–Crippen MR) is 65.0 cm³/mol. The zero-order valence-electron chi connectivity index (χ0n) is 8.74. The number of phenols is 2. The molecule has 16 heavy (non-hydrogen) atoms. The van der Waals surface area contributed by atoms with Gasteiger partial charge in [0.05, 0.1) is 5.02 Å². The van der Waals surface area contributed by atoms with E-state index in [2.05, 4.69) is 0 Å². The van der Waals surface area contributed by atoms with Crippen molar-refractivity contribution in [3.63, 3.8) is 0 Å². The van der Waals surface area contributed by atoms with Gasteiger partial charge < -0.3 is 10.2 Å². The highest BCUT2D eigenvalue weighted by molar-refractivity contribution is 6.34. The van der Waals surface area contributed by atoms with Crippen LogP contribution in [0.3, 0.4) is 0 Å². The molecule has 3 heteroatoms. The molecule has 0 aliphatic heterocycles. The smallest absolute Gasteiger partial charge is 0.134 e. The van der Waals surface area contributed by atoms with Crippen LogP contribution in [0.5, 0.6) is 11.5 Å². The summed E-state index contributed by atoms with van der Waals surface area (Å²) in [6.45, 7) is 1.81. The van der Waals surface area contributed by atoms with Gasteiger partial charge in [0.1, 0.15) is 11.5 Å². The molecule has 0 radical (unpaired) electrons. The molecule has 0 aromatic heterocycles. The molecule has 0 amide bonds. The summed E-state index contributed by atoms with van der Waals surface area (Å²) in [5.41, 5.74) is 2.28. The Bertz CT molecular complexity index is 486. The molecule has 0 atom stereocenters. The monoisotopic (exact) mass is 234 g/mol. The van der Waals surface area contributed by atoms with Crippen molar-refractivity contribution in [1.29, 1.82) is 0 Å². The van der Waals surface area contributed by atoms with Gasteiger partial charge in [-0.25, -0.2) is 0 Å². The van der Waals surface area contributed by atoms with Crippen LogP contribution < -0.4 is 0 Å². The largest absolute Gasteiger partial charge is 0.508 e. The normalized spacial score (nSPS) is 10.4. The molecule has 2 aromatic carbocycles. The van der Waals surface area contributed by atoms with Crippen LogP contribution in [0.15, 0.2) is 36.4 Å². The summed E-state index contributed by atoms with van der Waals surface area (Å²) in [5.74, 6) is 0.263. The average Bonchev–Trinajstić information content (AvgIpc) is 2.27. The number of hydrogen-bond donors (Lipinski definition) is 2. The highest BCUT2D eigenvalue weighted by Gasteiger charge is 2.10. The standard InChI is InChI=1S/C13H11ClO2/c1-8-9(4-2-6-11(8)15)10-5-3-7-12(16)13(10)14/h2-7,15-16H,1H3. The molecule has 2 aromatic rings. The van der Waals surface area contributed by atoms with Gasteiger partial charge in [-0.05, 0) is 30.2 Å². The number of hydrogen-bond acceptors (Lipinski definition) is 2. The van der Waals surface area contributed by atoms with E-state index in [0.29, 0.717) is 5.02 Å². The second-order valence-corrected chi connectivity index (χ2v) is 3.97. The minimum Gasteiger partial charge on any atom is -0.508 e. The average molecular weight is 235 g/mol. The first-order valence-corrected chi connectivity index (χ1v) is 5.25. The Morgan fingerprint density at radius 1 is 0.875 bits per heavy atom. The summed E-state index contributed by atoms with van der Waals surface area (Å²) in [7, 11) is 0. The Labute approximate surface area is 98.7 Å². The van der Waals surface area contributed by atoms with Crippen LogP contribution in [-0.4, -0.2) is 10.2 Å². The molecule has 2 N–H and O–H groups in total. The Kier molecular flexibility index (Phi) is 2.75. The second kappa shape index (κ2) is 4.06. The topological polar surface area (TPSA) is 40.5 Å². The van der Waals surface area contributed by atoms with Crippen molar-refractivity contribution in [3.05, 3.63) is 47.0 Å². The van der Waals surface area contributed by atoms with Gasteiger partial charge in [-0.1, -0.05) is 35.9 Å². The van der Waals surface area contributed by atoms with Crippen molar-refractivity contribution in [2.45, 2.75) is 6.92 Å². The quantitative estimate of drug-likeness (QED) is 0.789. The highest BCUT2D eigenvalue weighted by atomic mass is 35.5. The molecule has 0 saturated carbocycles. The van der Waals surface area contributed by atoms with Crippen molar-refractivity contribution in [3.8, 4) is 22.6 Å². The summed E-state index contributed by atoms with van der Waals surface area (Å²) in [4.78, 5) is 0. The number of aromatic hydroxyl groups is 2. The number of benzene rings is 2. The minimum atomic E-state index is 0.0434. The maximum absolute atomic E-state index is 9.62. The van der Waals surface area contributed by atoms with Crippen LogP contribution in [0.1, 0.15) is 5.56 Å². The predicted octanol–water partition coefficient (Wildman–Crippen LogP) is 3.73. The number of halogens is 1. The minimum absolute atomic E-state index is 0.0434. The van der Waals surface area contributed by atoms with Crippen LogP contribution in [0.25, 0.3) is 11.1 Å². The van der Waals surface area contributed by atoms with E-state index in [9.17, 15) is 10.2 Å². The first kappa shape index (κ1) is 10.8. The zero-order chi connectivity index (χ0) is 11.7. The summed E-state index contributed by atoms with van der Waals surface area (Å²) >= 11 is 6.02. The van der Waals surface area contributed by atoms with Crippen molar-refractivity contribution < 1.29 is 10.2 Å². The van der Waals surface area contributed by atoms with Crippen molar-refractivity contribution in [1.82, 2.24) is 0 Å². The van der Waals surface area contributed by atoms with Gasteiger partial charge in [-0.3, -0.25) is 0 Å². The van der Waals surface area contributed by atoms with Crippen LogP contribution in [0.2, 0.25) is 5.02 Å². The molecule has 0 fully saturated rings. The number of phenolic OH excluding ortho intramolecular Hbond substituents is 2. The van der Waals surface area contributed by atoms with E-state index in [4.69, 9.17) is 11.6 Å². The Balaban J connectivity index is 2.68. The van der Waals surface area contributed by atoms with Gasteiger partial charge in [-0.2, -0.15) is 0 Å². The molecule has 2 rings (SSSR count). The van der Waals surface area contributed by atoms with E-state index in [0.717, 1.165) is 16.7 Å². The Morgan fingerprint density at radius 2 is 1.44 bits per heavy atom. The summed E-state index contributed by atoms with van der Waals surface area (Å²) in [5, 5.41) is 19.4. The highest BCUT2D eigenvalue weighted by Crippen LogP contribution is 2.37. The molecule has 0 aliphatic rings. The van der Waals surface area contributed by atoms with Gasteiger partial charge in [0.15, 0.2) is 0 Å². The van der Waals surface area contributed by atoms with E-state index < -0.39 is 0 Å². The third-order valence-corrected chi connectivity index (χ3v) is 2.97. The van der Waals surface area contributed by atoms with E-state index in [1.165, 1.54) is 6.07 Å². The molecule has 0 bridgehead atoms. The third-order valence-electron chi connectivity index (χ3n) is 2.57. The van der Waals surface area contributed by atoms with Gasteiger partial charge in [0.25, 0.3) is 0 Å². The fraction of sp³-hybridized carbons (Fsp3) is 0.0769. The fourth-order valence-electron chi connectivity index (χ4n) is 1.64. The van der Waals surface area contributed by atoms with Gasteiger partial charge in [0.2, 0.25) is 0 Å². The van der Waals surface area contributed by atoms with Crippen molar-refractivity contribution >= 4 is 11.6 Å². The lowest BCUT2D eigenvalue weighted by Gasteiger charge is -2.10. The molecule has 2 nitrogen and oxygen atoms in total. The van der Waals surface area contributed by atoms with Gasteiger partial charge >= 0.3 is 0 Å². The Hall–Kier alpha value is -1.67. The van der Waals surface area contributed by atoms with Crippen LogP contribution >= 0.6 is 11.6 Å². The van der Waals surface area contributed by atoms with Crippen LogP contribution in [0.4, 0.5) is 0 Å². The summed E-state index contributed by atoms with van der Waals surface area (Å²) in [6.07, 6.45) is 0. The molecule has 0 saturated heterocycles. The lowest BCUT2D eigenvalue weighted by Crippen LogP contribution is -1.85. The van der Waals surface area contributed by atoms with Crippen LogP contribution in [-0.2, 0) is 0 Å². The molecule has 0 unspecified atom stereocenters. The molecule has 82 valence electrons. The molecular weight excluding hydrogens is 224 g/mol. The first-order valence-electron chi connectivity index (χ1n) is 4.87. The first-order chi connectivity index (χ1) is 7.61. The lowest BCUT2D eigenvalue weighted by molar-refractivity contribution is 0.471. The maximum Gasteiger partial charge on any atom is 0.134 e. The van der Waals surface area contributed by atoms with Crippen molar-refractivity contribution in [2.24, 2.45) is 0 Å². The van der Waals surface area contributed by atoms with E-state index in [1.54, 1.807) is 18.2 Å². The molecule has 0 aliphatic carbocycles. The van der Waals surface area contributed by atoms with Crippen LogP contribution in [0, 0.1) is 6.92 Å². The molecular formula is C13H11ClO2. The van der Waals surface area contributed by atoms with Gasteiger partial charge in [0, 0.05) is 5.56 Å². The summed E-state index contributed by atoms with van der Waals surface area (Å²) in [6, 6.07) is 10.3.